The molecule has 4 rings (SSSR count). The molecule has 0 radical (unpaired) electrons. The van der Waals surface area contributed by atoms with Gasteiger partial charge in [0.1, 0.15) is 12.4 Å². The molecule has 0 N–H and O–H groups in total. The van der Waals surface area contributed by atoms with E-state index in [4.69, 9.17) is 0 Å². The monoisotopic (exact) mass is 320 g/mol. The second-order valence-corrected chi connectivity index (χ2v) is 5.79. The third-order valence-corrected chi connectivity index (χ3v) is 4.23. The van der Waals surface area contributed by atoms with Crippen molar-refractivity contribution in [2.75, 3.05) is 6.54 Å². The Morgan fingerprint density at radius 3 is 2.65 bits per heavy atom. The van der Waals surface area contributed by atoms with Crippen LogP contribution in [0, 0.1) is 0 Å². The van der Waals surface area contributed by atoms with Gasteiger partial charge in [-0.2, -0.15) is 8.78 Å². The molecule has 8 heteroatoms. The van der Waals surface area contributed by atoms with Gasteiger partial charge in [0.15, 0.2) is 0 Å². The molecule has 1 saturated heterocycles. The maximum Gasteiger partial charge on any atom is 0.327 e. The summed E-state index contributed by atoms with van der Waals surface area (Å²) in [6.45, 7) is -3.00. The Bertz CT molecular complexity index is 800. The number of benzene rings is 1. The van der Waals surface area contributed by atoms with E-state index >= 15 is 0 Å². The van der Waals surface area contributed by atoms with Crippen LogP contribution in [0.2, 0.25) is 0 Å². The quantitative estimate of drug-likeness (QED) is 0.813. The number of alkyl halides is 2. The highest BCUT2D eigenvalue weighted by atomic mass is 19.3. The number of imide groups is 1. The fourth-order valence-corrected chi connectivity index (χ4v) is 2.95. The van der Waals surface area contributed by atoms with Crippen LogP contribution in [0.1, 0.15) is 25.2 Å². The fourth-order valence-electron chi connectivity index (χ4n) is 2.95. The third kappa shape index (κ3) is 2.25. The Labute approximate surface area is 130 Å². The van der Waals surface area contributed by atoms with Crippen LogP contribution in [0.15, 0.2) is 24.3 Å². The minimum atomic E-state index is -2.79. The Balaban J connectivity index is 1.68. The Hall–Kier alpha value is -2.51. The number of nitrogens with zero attached hydrogens (tertiary/aromatic N) is 4. The first-order chi connectivity index (χ1) is 11.1. The van der Waals surface area contributed by atoms with Crippen molar-refractivity contribution in [2.24, 2.45) is 0 Å². The summed E-state index contributed by atoms with van der Waals surface area (Å²) in [6.07, 6.45) is 1.78. The van der Waals surface area contributed by atoms with E-state index in [1.165, 1.54) is 4.90 Å². The molecule has 1 saturated carbocycles. The van der Waals surface area contributed by atoms with Crippen LogP contribution >= 0.6 is 0 Å². The molecule has 23 heavy (non-hydrogen) atoms. The predicted molar refractivity (Wildman–Crippen MR) is 76.7 cm³/mol. The number of fused-ring (bicyclic) bond motifs is 1. The molecule has 120 valence electrons. The number of para-hydroxylation sites is 2. The van der Waals surface area contributed by atoms with Gasteiger partial charge in [-0.05, 0) is 25.0 Å². The molecule has 0 unspecified atom stereocenters. The molecule has 1 aliphatic carbocycles. The van der Waals surface area contributed by atoms with Crippen molar-refractivity contribution in [2.45, 2.75) is 32.0 Å². The van der Waals surface area contributed by atoms with Crippen LogP contribution in [0.25, 0.3) is 11.0 Å². The molecule has 0 atom stereocenters. The molecule has 6 nitrogen and oxygen atoms in total. The van der Waals surface area contributed by atoms with Crippen molar-refractivity contribution in [1.82, 2.24) is 19.4 Å². The molecule has 2 aromatic rings. The summed E-state index contributed by atoms with van der Waals surface area (Å²) in [4.78, 5) is 31.1. The van der Waals surface area contributed by atoms with Gasteiger partial charge in [-0.15, -0.1) is 0 Å². The highest BCUT2D eigenvalue weighted by Gasteiger charge is 2.44. The minimum absolute atomic E-state index is 0.0144. The topological polar surface area (TPSA) is 58.4 Å². The summed E-state index contributed by atoms with van der Waals surface area (Å²) in [7, 11) is 0. The molecular formula is C15H14F2N4O2. The molecule has 2 heterocycles. The number of hydrogen-bond acceptors (Lipinski definition) is 3. The molecular weight excluding hydrogens is 306 g/mol. The summed E-state index contributed by atoms with van der Waals surface area (Å²) in [6, 6.07) is 6.23. The maximum atomic E-state index is 13.4. The fraction of sp³-hybridized carbons (Fsp3) is 0.400. The van der Waals surface area contributed by atoms with Gasteiger partial charge in [0.2, 0.25) is 0 Å². The number of aromatic nitrogens is 2. The van der Waals surface area contributed by atoms with Crippen molar-refractivity contribution < 1.29 is 18.4 Å². The number of carbonyl (C=O) groups excluding carboxylic acids is 2. The van der Waals surface area contributed by atoms with Gasteiger partial charge in [0.25, 0.3) is 5.91 Å². The van der Waals surface area contributed by atoms with Gasteiger partial charge in [-0.25, -0.2) is 9.78 Å². The lowest BCUT2D eigenvalue weighted by Crippen LogP contribution is -2.34. The van der Waals surface area contributed by atoms with E-state index in [2.05, 4.69) is 4.98 Å². The van der Waals surface area contributed by atoms with Gasteiger partial charge in [0, 0.05) is 6.04 Å². The van der Waals surface area contributed by atoms with Crippen LogP contribution in [0.5, 0.6) is 0 Å². The van der Waals surface area contributed by atoms with Gasteiger partial charge in [-0.1, -0.05) is 12.1 Å². The van der Waals surface area contributed by atoms with Gasteiger partial charge < -0.3 is 4.90 Å². The van der Waals surface area contributed by atoms with E-state index in [9.17, 15) is 18.4 Å². The number of hydrogen-bond donors (Lipinski definition) is 0. The number of rotatable bonds is 4. The Kier molecular flexibility index (Phi) is 3.07. The summed E-state index contributed by atoms with van der Waals surface area (Å²) in [5.74, 6) is -0.352. The zero-order valence-electron chi connectivity index (χ0n) is 12.2. The minimum Gasteiger partial charge on any atom is -0.312 e. The van der Waals surface area contributed by atoms with E-state index < -0.39 is 12.6 Å². The summed E-state index contributed by atoms with van der Waals surface area (Å²) in [5.41, 5.74) is 0.705. The zero-order valence-corrected chi connectivity index (χ0v) is 12.2. The van der Waals surface area contributed by atoms with Gasteiger partial charge >= 0.3 is 12.6 Å². The molecule has 0 spiro atoms. The van der Waals surface area contributed by atoms with Crippen molar-refractivity contribution in [1.29, 1.82) is 0 Å². The first-order valence-corrected chi connectivity index (χ1v) is 7.41. The molecule has 0 bridgehead atoms. The summed E-state index contributed by atoms with van der Waals surface area (Å²) < 4.78 is 27.6. The number of urea groups is 1. The van der Waals surface area contributed by atoms with Crippen LogP contribution in [-0.4, -0.2) is 43.9 Å². The van der Waals surface area contributed by atoms with Crippen molar-refractivity contribution in [3.63, 3.8) is 0 Å². The molecule has 2 aliphatic rings. The standard InChI is InChI=1S/C15H14F2N4O2/c16-14(17)21-11-4-2-1-3-10(11)18-12(21)7-20-13(22)8-19(15(20)23)9-5-6-9/h1-4,9,14H,5-8H2. The number of imidazole rings is 1. The number of halogens is 2. The number of amides is 3. The molecule has 1 aromatic carbocycles. The van der Waals surface area contributed by atoms with Gasteiger partial charge in [-0.3, -0.25) is 14.3 Å². The molecule has 1 aromatic heterocycles. The van der Waals surface area contributed by atoms with Crippen molar-refractivity contribution in [3.8, 4) is 0 Å². The molecule has 2 fully saturated rings. The Morgan fingerprint density at radius 1 is 1.22 bits per heavy atom. The van der Waals surface area contributed by atoms with E-state index in [0.717, 1.165) is 22.3 Å². The first-order valence-electron chi connectivity index (χ1n) is 7.41. The van der Waals surface area contributed by atoms with E-state index in [0.29, 0.717) is 5.52 Å². The third-order valence-electron chi connectivity index (χ3n) is 4.23. The normalized spacial score (nSPS) is 18.7. The average molecular weight is 320 g/mol. The average Bonchev–Trinajstić information content (AvgIpc) is 3.23. The van der Waals surface area contributed by atoms with E-state index in [1.807, 2.05) is 0 Å². The molecule has 3 amide bonds. The smallest absolute Gasteiger partial charge is 0.312 e. The van der Waals surface area contributed by atoms with Gasteiger partial charge in [0.05, 0.1) is 17.6 Å². The first kappa shape index (κ1) is 14.1. The largest absolute Gasteiger partial charge is 0.327 e. The van der Waals surface area contributed by atoms with Crippen LogP contribution in [-0.2, 0) is 11.3 Å². The lowest BCUT2D eigenvalue weighted by molar-refractivity contribution is -0.125. The zero-order chi connectivity index (χ0) is 16.1. The highest BCUT2D eigenvalue weighted by Crippen LogP contribution is 2.31. The van der Waals surface area contributed by atoms with E-state index in [-0.39, 0.29) is 36.4 Å². The number of carbonyl (C=O) groups is 2. The maximum absolute atomic E-state index is 13.4. The lowest BCUT2D eigenvalue weighted by atomic mass is 10.3. The summed E-state index contributed by atoms with van der Waals surface area (Å²) in [5, 5.41) is 0. The summed E-state index contributed by atoms with van der Waals surface area (Å²) >= 11 is 0. The highest BCUT2D eigenvalue weighted by molar-refractivity contribution is 6.02. The van der Waals surface area contributed by atoms with Crippen LogP contribution in [0.4, 0.5) is 13.6 Å². The van der Waals surface area contributed by atoms with E-state index in [1.54, 1.807) is 24.3 Å². The van der Waals surface area contributed by atoms with Crippen molar-refractivity contribution >= 4 is 23.0 Å². The Morgan fingerprint density at radius 2 is 1.96 bits per heavy atom. The second-order valence-electron chi connectivity index (χ2n) is 5.79. The van der Waals surface area contributed by atoms with Crippen LogP contribution < -0.4 is 0 Å². The van der Waals surface area contributed by atoms with Crippen LogP contribution in [0.3, 0.4) is 0 Å². The lowest BCUT2D eigenvalue weighted by Gasteiger charge is -2.17. The predicted octanol–water partition coefficient (Wildman–Crippen LogP) is 2.36. The SMILES string of the molecule is O=C1CN(C2CC2)C(=O)N1Cc1nc2ccccc2n1C(F)F. The van der Waals surface area contributed by atoms with Crippen molar-refractivity contribution in [3.05, 3.63) is 30.1 Å². The second kappa shape index (κ2) is 5.00. The molecule has 1 aliphatic heterocycles.